The number of hydrogen-bond acceptors (Lipinski definition) is 5. The second kappa shape index (κ2) is 7.27. The van der Waals surface area contributed by atoms with Gasteiger partial charge in [-0.15, -0.1) is 0 Å². The van der Waals surface area contributed by atoms with E-state index in [-0.39, 0.29) is 18.1 Å². The van der Waals surface area contributed by atoms with E-state index in [1.54, 1.807) is 6.92 Å². The molecule has 25 heavy (non-hydrogen) atoms. The monoisotopic (exact) mass is 345 g/mol. The second-order valence-corrected chi connectivity index (χ2v) is 6.39. The number of amides is 1. The average Bonchev–Trinajstić information content (AvgIpc) is 3.08. The Kier molecular flexibility index (Phi) is 5.08. The van der Waals surface area contributed by atoms with Crippen molar-refractivity contribution in [3.05, 3.63) is 39.2 Å². The van der Waals surface area contributed by atoms with Crippen molar-refractivity contribution in [1.29, 1.82) is 0 Å². The maximum Gasteiger partial charge on any atom is 0.339 e. The first-order valence-corrected chi connectivity index (χ1v) is 8.66. The van der Waals surface area contributed by atoms with Crippen molar-refractivity contribution in [2.45, 2.75) is 45.6 Å². The van der Waals surface area contributed by atoms with E-state index in [1.807, 2.05) is 19.1 Å². The van der Waals surface area contributed by atoms with E-state index in [0.717, 1.165) is 41.3 Å². The maximum absolute atomic E-state index is 12.2. The number of fused-ring (bicyclic) bond motifs is 3. The van der Waals surface area contributed by atoms with Gasteiger partial charge < -0.3 is 19.6 Å². The number of ether oxygens (including phenoxy) is 1. The van der Waals surface area contributed by atoms with E-state index in [9.17, 15) is 9.59 Å². The summed E-state index contributed by atoms with van der Waals surface area (Å²) in [5.74, 6) is 0.279. The molecule has 0 spiro atoms. The summed E-state index contributed by atoms with van der Waals surface area (Å²) in [6.07, 6.45) is 2.46. The Morgan fingerprint density at radius 1 is 1.36 bits per heavy atom. The van der Waals surface area contributed by atoms with E-state index in [1.165, 1.54) is 0 Å². The number of carbonyl (C=O) groups excluding carboxylic acids is 1. The molecule has 2 N–H and O–H groups in total. The molecule has 1 amide bonds. The molecule has 3 rings (SSSR count). The zero-order chi connectivity index (χ0) is 18.0. The van der Waals surface area contributed by atoms with Gasteiger partial charge in [-0.25, -0.2) is 4.79 Å². The summed E-state index contributed by atoms with van der Waals surface area (Å²) in [4.78, 5) is 24.2. The summed E-state index contributed by atoms with van der Waals surface area (Å²) in [5, 5.41) is 12.4. The molecule has 0 unspecified atom stereocenters. The molecule has 6 heteroatoms. The summed E-state index contributed by atoms with van der Waals surface area (Å²) in [6.45, 7) is 3.93. The molecule has 0 saturated heterocycles. The number of nitrogens with one attached hydrogen (secondary N) is 1. The molecule has 2 aromatic rings. The van der Waals surface area contributed by atoms with Crippen LogP contribution in [0.15, 0.2) is 21.3 Å². The molecule has 1 heterocycles. The van der Waals surface area contributed by atoms with Crippen molar-refractivity contribution in [2.24, 2.45) is 0 Å². The minimum absolute atomic E-state index is 0.0304. The summed E-state index contributed by atoms with van der Waals surface area (Å²) >= 11 is 0. The lowest BCUT2D eigenvalue weighted by atomic mass is 10.0. The molecule has 1 aromatic carbocycles. The largest absolute Gasteiger partial charge is 0.480 e. The van der Waals surface area contributed by atoms with Crippen LogP contribution in [0.3, 0.4) is 0 Å². The fourth-order valence-corrected chi connectivity index (χ4v) is 3.27. The Morgan fingerprint density at radius 3 is 2.88 bits per heavy atom. The number of carbonyl (C=O) groups is 1. The summed E-state index contributed by atoms with van der Waals surface area (Å²) in [5.41, 5.74) is 2.86. The van der Waals surface area contributed by atoms with Gasteiger partial charge in [0, 0.05) is 29.7 Å². The fraction of sp³-hybridized carbons (Fsp3) is 0.474. The van der Waals surface area contributed by atoms with Gasteiger partial charge in [-0.2, -0.15) is 0 Å². The van der Waals surface area contributed by atoms with Gasteiger partial charge in [0.15, 0.2) is 6.10 Å². The van der Waals surface area contributed by atoms with Crippen molar-refractivity contribution < 1.29 is 19.1 Å². The van der Waals surface area contributed by atoms with Crippen molar-refractivity contribution in [1.82, 2.24) is 5.32 Å². The SMILES string of the molecule is Cc1c(O[C@H](C)C(=O)NCCCO)ccc2c3c(c(=O)oc12)CCC3. The molecule has 134 valence electrons. The molecule has 1 aromatic heterocycles. The number of rotatable bonds is 6. The zero-order valence-electron chi connectivity index (χ0n) is 14.6. The van der Waals surface area contributed by atoms with E-state index >= 15 is 0 Å². The summed E-state index contributed by atoms with van der Waals surface area (Å²) in [6, 6.07) is 3.73. The average molecular weight is 345 g/mol. The van der Waals surface area contributed by atoms with Crippen LogP contribution in [-0.4, -0.2) is 30.3 Å². The highest BCUT2D eigenvalue weighted by molar-refractivity contribution is 5.86. The first kappa shape index (κ1) is 17.5. The van der Waals surface area contributed by atoms with Gasteiger partial charge in [-0.3, -0.25) is 4.79 Å². The molecule has 0 fully saturated rings. The van der Waals surface area contributed by atoms with Crippen LogP contribution in [0.4, 0.5) is 0 Å². The molecule has 0 aliphatic heterocycles. The second-order valence-electron chi connectivity index (χ2n) is 6.39. The first-order chi connectivity index (χ1) is 12.0. The van der Waals surface area contributed by atoms with E-state index < -0.39 is 6.10 Å². The minimum atomic E-state index is -0.684. The van der Waals surface area contributed by atoms with Crippen LogP contribution in [-0.2, 0) is 17.6 Å². The Morgan fingerprint density at radius 2 is 2.12 bits per heavy atom. The highest BCUT2D eigenvalue weighted by atomic mass is 16.5. The van der Waals surface area contributed by atoms with Crippen LogP contribution < -0.4 is 15.7 Å². The molecule has 0 saturated carbocycles. The third-order valence-corrected chi connectivity index (χ3v) is 4.65. The summed E-state index contributed by atoms with van der Waals surface area (Å²) < 4.78 is 11.3. The third kappa shape index (κ3) is 3.39. The van der Waals surface area contributed by atoms with Crippen molar-refractivity contribution >= 4 is 16.9 Å². The first-order valence-electron chi connectivity index (χ1n) is 8.66. The lowest BCUT2D eigenvalue weighted by Crippen LogP contribution is -2.37. The predicted octanol–water partition coefficient (Wildman–Crippen LogP) is 1.86. The van der Waals surface area contributed by atoms with Crippen LogP contribution >= 0.6 is 0 Å². The van der Waals surface area contributed by atoms with Gasteiger partial charge in [0.05, 0.1) is 0 Å². The lowest BCUT2D eigenvalue weighted by molar-refractivity contribution is -0.127. The smallest absolute Gasteiger partial charge is 0.339 e. The topological polar surface area (TPSA) is 88.8 Å². The molecule has 6 nitrogen and oxygen atoms in total. The Balaban J connectivity index is 1.86. The normalized spacial score (nSPS) is 14.4. The van der Waals surface area contributed by atoms with Gasteiger partial charge in [-0.1, -0.05) is 0 Å². The van der Waals surface area contributed by atoms with Crippen LogP contribution in [0.2, 0.25) is 0 Å². The molecule has 1 aliphatic rings. The van der Waals surface area contributed by atoms with Gasteiger partial charge in [0.1, 0.15) is 11.3 Å². The minimum Gasteiger partial charge on any atom is -0.480 e. The predicted molar refractivity (Wildman–Crippen MR) is 94.0 cm³/mol. The number of aliphatic hydroxyl groups is 1. The fourth-order valence-electron chi connectivity index (χ4n) is 3.27. The number of aryl methyl sites for hydroxylation is 2. The van der Waals surface area contributed by atoms with Gasteiger partial charge in [0.25, 0.3) is 5.91 Å². The Hall–Kier alpha value is -2.34. The number of aliphatic hydroxyl groups excluding tert-OH is 1. The molecule has 0 radical (unpaired) electrons. The van der Waals surface area contributed by atoms with Crippen molar-refractivity contribution in [3.8, 4) is 5.75 Å². The van der Waals surface area contributed by atoms with Crippen molar-refractivity contribution in [2.75, 3.05) is 13.2 Å². The van der Waals surface area contributed by atoms with E-state index in [4.69, 9.17) is 14.3 Å². The lowest BCUT2D eigenvalue weighted by Gasteiger charge is -2.17. The molecular formula is C19H23NO5. The van der Waals surface area contributed by atoms with E-state index in [0.29, 0.717) is 24.3 Å². The highest BCUT2D eigenvalue weighted by Crippen LogP contribution is 2.33. The van der Waals surface area contributed by atoms with Gasteiger partial charge in [-0.05, 0) is 57.2 Å². The number of benzene rings is 1. The summed E-state index contributed by atoms with van der Waals surface area (Å²) in [7, 11) is 0. The molecule has 1 atom stereocenters. The molecule has 1 aliphatic carbocycles. The van der Waals surface area contributed by atoms with Gasteiger partial charge in [0.2, 0.25) is 0 Å². The van der Waals surface area contributed by atoms with E-state index in [2.05, 4.69) is 5.32 Å². The van der Waals surface area contributed by atoms with Crippen LogP contribution in [0, 0.1) is 6.92 Å². The standard InChI is InChI=1S/C19H23NO5/c1-11-16(24-12(2)18(22)20-9-4-10-21)8-7-14-13-5-3-6-15(13)19(23)25-17(11)14/h7-8,12,21H,3-6,9-10H2,1-2H3,(H,20,22)/t12-/m1/s1. The zero-order valence-corrected chi connectivity index (χ0v) is 14.6. The highest BCUT2D eigenvalue weighted by Gasteiger charge is 2.22. The quantitative estimate of drug-likeness (QED) is 0.616. The van der Waals surface area contributed by atoms with Crippen LogP contribution in [0.5, 0.6) is 5.75 Å². The Labute approximate surface area is 145 Å². The van der Waals surface area contributed by atoms with Crippen LogP contribution in [0.1, 0.15) is 36.5 Å². The maximum atomic E-state index is 12.2. The molecular weight excluding hydrogens is 322 g/mol. The number of hydrogen-bond donors (Lipinski definition) is 2. The molecule has 0 bridgehead atoms. The van der Waals surface area contributed by atoms with Gasteiger partial charge >= 0.3 is 5.63 Å². The third-order valence-electron chi connectivity index (χ3n) is 4.65. The van der Waals surface area contributed by atoms with Crippen molar-refractivity contribution in [3.63, 3.8) is 0 Å². The van der Waals surface area contributed by atoms with Crippen LogP contribution in [0.25, 0.3) is 11.0 Å². The Bertz CT molecular complexity index is 855.